The summed E-state index contributed by atoms with van der Waals surface area (Å²) in [5.41, 5.74) is -1.20. The van der Waals surface area contributed by atoms with Gasteiger partial charge < -0.3 is 10.4 Å². The SMILES string of the molecule is CC(C)(CO)CNC(=O)c1ccc([N+](=O)[O-])cc1F. The first-order chi connectivity index (χ1) is 8.76. The van der Waals surface area contributed by atoms with E-state index in [2.05, 4.69) is 5.32 Å². The average Bonchev–Trinajstić information content (AvgIpc) is 2.36. The van der Waals surface area contributed by atoms with Crippen molar-refractivity contribution in [3.63, 3.8) is 0 Å². The molecule has 0 spiro atoms. The number of hydrogen-bond donors (Lipinski definition) is 2. The molecular formula is C12H15FN2O4. The quantitative estimate of drug-likeness (QED) is 0.626. The number of nitrogens with zero attached hydrogens (tertiary/aromatic N) is 1. The fourth-order valence-electron chi connectivity index (χ4n) is 1.27. The second-order valence-electron chi connectivity index (χ2n) is 4.93. The maximum Gasteiger partial charge on any atom is 0.272 e. The molecule has 0 aromatic heterocycles. The third-order valence-electron chi connectivity index (χ3n) is 2.56. The summed E-state index contributed by atoms with van der Waals surface area (Å²) in [6.45, 7) is 3.51. The van der Waals surface area contributed by atoms with Gasteiger partial charge in [0, 0.05) is 24.6 Å². The normalized spacial score (nSPS) is 11.2. The summed E-state index contributed by atoms with van der Waals surface area (Å²) in [5.74, 6) is -1.62. The van der Waals surface area contributed by atoms with E-state index in [1.54, 1.807) is 13.8 Å². The second kappa shape index (κ2) is 5.75. The predicted molar refractivity (Wildman–Crippen MR) is 66.3 cm³/mol. The van der Waals surface area contributed by atoms with Gasteiger partial charge in [0.2, 0.25) is 0 Å². The summed E-state index contributed by atoms with van der Waals surface area (Å²) in [4.78, 5) is 21.4. The van der Waals surface area contributed by atoms with E-state index >= 15 is 0 Å². The van der Waals surface area contributed by atoms with Crippen molar-refractivity contribution >= 4 is 11.6 Å². The number of carbonyl (C=O) groups excluding carboxylic acids is 1. The number of nitro benzene ring substituents is 1. The van der Waals surface area contributed by atoms with Gasteiger partial charge in [0.05, 0.1) is 16.6 Å². The van der Waals surface area contributed by atoms with Crippen molar-refractivity contribution in [2.24, 2.45) is 5.41 Å². The van der Waals surface area contributed by atoms with Gasteiger partial charge in [-0.25, -0.2) is 4.39 Å². The van der Waals surface area contributed by atoms with Gasteiger partial charge in [-0.15, -0.1) is 0 Å². The van der Waals surface area contributed by atoms with Gasteiger partial charge >= 0.3 is 0 Å². The summed E-state index contributed by atoms with van der Waals surface area (Å²) in [6.07, 6.45) is 0. The Labute approximate surface area is 109 Å². The maximum absolute atomic E-state index is 13.5. The lowest BCUT2D eigenvalue weighted by atomic mass is 9.95. The van der Waals surface area contributed by atoms with E-state index in [-0.39, 0.29) is 18.7 Å². The second-order valence-corrected chi connectivity index (χ2v) is 4.93. The van der Waals surface area contributed by atoms with Crippen molar-refractivity contribution < 1.29 is 19.2 Å². The highest BCUT2D eigenvalue weighted by molar-refractivity contribution is 5.94. The molecule has 0 aliphatic heterocycles. The van der Waals surface area contributed by atoms with E-state index in [0.717, 1.165) is 12.1 Å². The number of rotatable bonds is 5. The Hall–Kier alpha value is -2.02. The Bertz CT molecular complexity index is 503. The van der Waals surface area contributed by atoms with Crippen LogP contribution in [-0.4, -0.2) is 29.1 Å². The molecule has 1 amide bonds. The molecule has 0 unspecified atom stereocenters. The van der Waals surface area contributed by atoms with Gasteiger partial charge in [-0.2, -0.15) is 0 Å². The molecule has 0 heterocycles. The van der Waals surface area contributed by atoms with Crippen molar-refractivity contribution in [3.05, 3.63) is 39.7 Å². The van der Waals surface area contributed by atoms with Gasteiger partial charge in [-0.3, -0.25) is 14.9 Å². The third-order valence-corrected chi connectivity index (χ3v) is 2.56. The van der Waals surface area contributed by atoms with Gasteiger partial charge in [0.1, 0.15) is 5.82 Å². The minimum absolute atomic E-state index is 0.129. The molecule has 7 heteroatoms. The number of benzene rings is 1. The molecule has 0 radical (unpaired) electrons. The van der Waals surface area contributed by atoms with E-state index in [1.807, 2.05) is 0 Å². The van der Waals surface area contributed by atoms with Crippen molar-refractivity contribution in [1.29, 1.82) is 0 Å². The number of aliphatic hydroxyl groups is 1. The Morgan fingerprint density at radius 3 is 2.63 bits per heavy atom. The number of aliphatic hydroxyl groups excluding tert-OH is 1. The molecular weight excluding hydrogens is 255 g/mol. The van der Waals surface area contributed by atoms with Crippen LogP contribution in [-0.2, 0) is 0 Å². The number of nitrogens with one attached hydrogen (secondary N) is 1. The molecule has 0 atom stereocenters. The van der Waals surface area contributed by atoms with E-state index < -0.39 is 27.8 Å². The third kappa shape index (κ3) is 3.99. The summed E-state index contributed by atoms with van der Waals surface area (Å²) in [6, 6.07) is 2.83. The van der Waals surface area contributed by atoms with Crippen LogP contribution in [0.2, 0.25) is 0 Å². The van der Waals surface area contributed by atoms with Crippen LogP contribution >= 0.6 is 0 Å². The first-order valence-corrected chi connectivity index (χ1v) is 5.60. The van der Waals surface area contributed by atoms with Gasteiger partial charge in [-0.05, 0) is 6.07 Å². The minimum atomic E-state index is -0.950. The van der Waals surface area contributed by atoms with Crippen molar-refractivity contribution in [2.45, 2.75) is 13.8 Å². The Kier molecular flexibility index (Phi) is 4.55. The number of hydrogen-bond acceptors (Lipinski definition) is 4. The fourth-order valence-corrected chi connectivity index (χ4v) is 1.27. The standard InChI is InChI=1S/C12H15FN2O4/c1-12(2,7-16)6-14-11(17)9-4-3-8(15(18)19)5-10(9)13/h3-5,16H,6-7H2,1-2H3,(H,14,17). The van der Waals surface area contributed by atoms with Crippen LogP contribution in [0, 0.1) is 21.3 Å². The minimum Gasteiger partial charge on any atom is -0.396 e. The number of carbonyl (C=O) groups is 1. The van der Waals surface area contributed by atoms with Gasteiger partial charge in [-0.1, -0.05) is 13.8 Å². The van der Waals surface area contributed by atoms with Gasteiger partial charge in [0.25, 0.3) is 11.6 Å². The monoisotopic (exact) mass is 270 g/mol. The molecule has 1 aromatic carbocycles. The number of halogens is 1. The lowest BCUT2D eigenvalue weighted by Crippen LogP contribution is -2.36. The summed E-state index contributed by atoms with van der Waals surface area (Å²) in [7, 11) is 0. The van der Waals surface area contributed by atoms with E-state index in [1.165, 1.54) is 0 Å². The first kappa shape index (κ1) is 15.0. The molecule has 2 N–H and O–H groups in total. The molecule has 19 heavy (non-hydrogen) atoms. The number of non-ortho nitro benzene ring substituents is 1. The van der Waals surface area contributed by atoms with Crippen molar-refractivity contribution in [2.75, 3.05) is 13.2 Å². The molecule has 0 aliphatic rings. The molecule has 104 valence electrons. The molecule has 0 bridgehead atoms. The molecule has 1 rings (SSSR count). The van der Waals surface area contributed by atoms with Gasteiger partial charge in [0.15, 0.2) is 0 Å². The first-order valence-electron chi connectivity index (χ1n) is 5.60. The highest BCUT2D eigenvalue weighted by atomic mass is 19.1. The number of amides is 1. The highest BCUT2D eigenvalue weighted by Crippen LogP contribution is 2.17. The van der Waals surface area contributed by atoms with Crippen molar-refractivity contribution in [3.8, 4) is 0 Å². The zero-order chi connectivity index (χ0) is 14.6. The van der Waals surface area contributed by atoms with E-state index in [0.29, 0.717) is 6.07 Å². The Balaban J connectivity index is 2.81. The summed E-state index contributed by atoms with van der Waals surface area (Å²) < 4.78 is 13.5. The molecule has 0 saturated carbocycles. The summed E-state index contributed by atoms with van der Waals surface area (Å²) in [5, 5.41) is 21.9. The topological polar surface area (TPSA) is 92.5 Å². The maximum atomic E-state index is 13.5. The van der Waals surface area contributed by atoms with Crippen LogP contribution in [0.25, 0.3) is 0 Å². The Morgan fingerprint density at radius 1 is 1.53 bits per heavy atom. The van der Waals surface area contributed by atoms with Crippen LogP contribution in [0.4, 0.5) is 10.1 Å². The van der Waals surface area contributed by atoms with E-state index in [9.17, 15) is 19.3 Å². The lowest BCUT2D eigenvalue weighted by Gasteiger charge is -2.21. The zero-order valence-corrected chi connectivity index (χ0v) is 10.6. The molecule has 0 saturated heterocycles. The van der Waals surface area contributed by atoms with E-state index in [4.69, 9.17) is 5.11 Å². The largest absolute Gasteiger partial charge is 0.396 e. The molecule has 0 aliphatic carbocycles. The van der Waals surface area contributed by atoms with Crippen LogP contribution in [0.5, 0.6) is 0 Å². The molecule has 0 fully saturated rings. The van der Waals surface area contributed by atoms with Crippen molar-refractivity contribution in [1.82, 2.24) is 5.32 Å². The fraction of sp³-hybridized carbons (Fsp3) is 0.417. The molecule has 1 aromatic rings. The van der Waals surface area contributed by atoms with Crippen LogP contribution < -0.4 is 5.32 Å². The lowest BCUT2D eigenvalue weighted by molar-refractivity contribution is -0.385. The van der Waals surface area contributed by atoms with Crippen LogP contribution in [0.15, 0.2) is 18.2 Å². The highest BCUT2D eigenvalue weighted by Gasteiger charge is 2.20. The summed E-state index contributed by atoms with van der Waals surface area (Å²) >= 11 is 0. The van der Waals surface area contributed by atoms with Crippen LogP contribution in [0.1, 0.15) is 24.2 Å². The number of nitro groups is 1. The predicted octanol–water partition coefficient (Wildman–Crippen LogP) is 1.48. The molecule has 6 nitrogen and oxygen atoms in total. The average molecular weight is 270 g/mol. The van der Waals surface area contributed by atoms with Crippen LogP contribution in [0.3, 0.4) is 0 Å². The smallest absolute Gasteiger partial charge is 0.272 e. The zero-order valence-electron chi connectivity index (χ0n) is 10.6. The Morgan fingerprint density at radius 2 is 2.16 bits per heavy atom.